The Labute approximate surface area is 121 Å². The van der Waals surface area contributed by atoms with E-state index in [1.165, 1.54) is 0 Å². The topological polar surface area (TPSA) is 20.3 Å². The first-order valence-electron chi connectivity index (χ1n) is 6.08. The zero-order valence-corrected chi connectivity index (χ0v) is 13.4. The molecular formula is C14H18BrNOS. The molecule has 1 saturated heterocycles. The summed E-state index contributed by atoms with van der Waals surface area (Å²) in [4.78, 5) is 14.5. The van der Waals surface area contributed by atoms with Gasteiger partial charge in [0.1, 0.15) is 0 Å². The first-order chi connectivity index (χ1) is 8.37. The van der Waals surface area contributed by atoms with Gasteiger partial charge in [-0.2, -0.15) is 11.8 Å². The molecule has 0 radical (unpaired) electrons. The van der Waals surface area contributed by atoms with Crippen LogP contribution in [-0.4, -0.2) is 34.4 Å². The van der Waals surface area contributed by atoms with Crippen molar-refractivity contribution in [3.63, 3.8) is 0 Å². The van der Waals surface area contributed by atoms with Crippen LogP contribution in [0.3, 0.4) is 0 Å². The summed E-state index contributed by atoms with van der Waals surface area (Å²) in [6, 6.07) is 5.89. The minimum atomic E-state index is 0.146. The van der Waals surface area contributed by atoms with E-state index in [2.05, 4.69) is 29.8 Å². The number of amides is 1. The predicted molar refractivity (Wildman–Crippen MR) is 81.3 cm³/mol. The number of thioether (sulfide) groups is 1. The van der Waals surface area contributed by atoms with E-state index in [0.29, 0.717) is 0 Å². The highest BCUT2D eigenvalue weighted by Gasteiger charge is 2.30. The van der Waals surface area contributed by atoms with Gasteiger partial charge in [-0.3, -0.25) is 4.79 Å². The number of hydrogen-bond acceptors (Lipinski definition) is 2. The van der Waals surface area contributed by atoms with E-state index in [1.807, 2.05) is 41.8 Å². The minimum absolute atomic E-state index is 0.146. The van der Waals surface area contributed by atoms with Crippen molar-refractivity contribution in [3.8, 4) is 0 Å². The molecule has 0 N–H and O–H groups in total. The van der Waals surface area contributed by atoms with Gasteiger partial charge in [0.15, 0.2) is 0 Å². The van der Waals surface area contributed by atoms with Gasteiger partial charge in [-0.05, 0) is 44.5 Å². The van der Waals surface area contributed by atoms with Gasteiger partial charge in [0.2, 0.25) is 0 Å². The van der Waals surface area contributed by atoms with Crippen molar-refractivity contribution in [3.05, 3.63) is 33.8 Å². The van der Waals surface area contributed by atoms with Crippen LogP contribution in [0.25, 0.3) is 0 Å². The van der Waals surface area contributed by atoms with E-state index in [1.54, 1.807) is 0 Å². The Morgan fingerprint density at radius 2 is 2.11 bits per heavy atom. The van der Waals surface area contributed by atoms with Gasteiger partial charge >= 0.3 is 0 Å². The predicted octanol–water partition coefficient (Wildman–Crippen LogP) is 3.73. The highest BCUT2D eigenvalue weighted by atomic mass is 79.9. The summed E-state index contributed by atoms with van der Waals surface area (Å²) in [5.74, 6) is 1.17. The van der Waals surface area contributed by atoms with E-state index in [0.717, 1.165) is 34.4 Å². The fourth-order valence-electron chi connectivity index (χ4n) is 2.23. The number of rotatable bonds is 1. The third kappa shape index (κ3) is 3.29. The molecule has 0 bridgehead atoms. The summed E-state index contributed by atoms with van der Waals surface area (Å²) in [6.07, 6.45) is 0. The molecule has 4 heteroatoms. The second-order valence-electron chi connectivity index (χ2n) is 5.35. The summed E-state index contributed by atoms with van der Waals surface area (Å²) in [6.45, 7) is 8.07. The molecule has 18 heavy (non-hydrogen) atoms. The average Bonchev–Trinajstić information content (AvgIpc) is 2.25. The molecule has 2 nitrogen and oxygen atoms in total. The Bertz CT molecular complexity index is 453. The molecule has 1 fully saturated rings. The summed E-state index contributed by atoms with van der Waals surface area (Å²) in [5, 5.41) is 0. The number of halogens is 1. The lowest BCUT2D eigenvalue weighted by atomic mass is 10.1. The maximum atomic E-state index is 12.5. The van der Waals surface area contributed by atoms with Crippen molar-refractivity contribution in [2.45, 2.75) is 25.5 Å². The van der Waals surface area contributed by atoms with Crippen LogP contribution in [0.1, 0.15) is 29.8 Å². The van der Waals surface area contributed by atoms with Gasteiger partial charge in [-0.15, -0.1) is 0 Å². The molecule has 0 saturated carbocycles. The van der Waals surface area contributed by atoms with Gasteiger partial charge in [0.05, 0.1) is 0 Å². The monoisotopic (exact) mass is 327 g/mol. The van der Waals surface area contributed by atoms with Gasteiger partial charge < -0.3 is 4.90 Å². The van der Waals surface area contributed by atoms with Crippen LogP contribution in [0.5, 0.6) is 0 Å². The van der Waals surface area contributed by atoms with Crippen molar-refractivity contribution >= 4 is 33.6 Å². The highest BCUT2D eigenvalue weighted by Crippen LogP contribution is 2.30. The van der Waals surface area contributed by atoms with Gasteiger partial charge in [-0.25, -0.2) is 0 Å². The van der Waals surface area contributed by atoms with Crippen LogP contribution in [0.4, 0.5) is 0 Å². The van der Waals surface area contributed by atoms with Crippen molar-refractivity contribution in [1.29, 1.82) is 0 Å². The fraction of sp³-hybridized carbons (Fsp3) is 0.500. The Morgan fingerprint density at radius 1 is 1.39 bits per heavy atom. The minimum Gasteiger partial charge on any atom is -0.336 e. The number of carbonyl (C=O) groups is 1. The van der Waals surface area contributed by atoms with Crippen LogP contribution < -0.4 is 0 Å². The summed E-state index contributed by atoms with van der Waals surface area (Å²) < 4.78 is 1.13. The zero-order valence-electron chi connectivity index (χ0n) is 11.0. The molecule has 1 aliphatic heterocycles. The van der Waals surface area contributed by atoms with Crippen LogP contribution in [0, 0.1) is 6.92 Å². The van der Waals surface area contributed by atoms with Crippen molar-refractivity contribution < 1.29 is 4.79 Å². The second-order valence-corrected chi connectivity index (χ2v) is 8.07. The van der Waals surface area contributed by atoms with E-state index >= 15 is 0 Å². The number of nitrogens with zero attached hydrogens (tertiary/aromatic N) is 1. The van der Waals surface area contributed by atoms with Gasteiger partial charge in [-0.1, -0.05) is 15.9 Å². The maximum absolute atomic E-state index is 12.5. The summed E-state index contributed by atoms with van der Waals surface area (Å²) in [7, 11) is 0. The Hall–Kier alpha value is -0.480. The smallest absolute Gasteiger partial charge is 0.253 e. The van der Waals surface area contributed by atoms with E-state index in [9.17, 15) is 4.79 Å². The molecule has 0 aromatic heterocycles. The molecule has 0 atom stereocenters. The van der Waals surface area contributed by atoms with E-state index in [4.69, 9.17) is 0 Å². The third-order valence-electron chi connectivity index (χ3n) is 3.00. The van der Waals surface area contributed by atoms with Crippen molar-refractivity contribution in [2.24, 2.45) is 0 Å². The fourth-order valence-corrected chi connectivity index (χ4v) is 3.95. The molecule has 0 aliphatic carbocycles. The molecule has 2 rings (SSSR count). The highest BCUT2D eigenvalue weighted by molar-refractivity contribution is 9.10. The lowest BCUT2D eigenvalue weighted by Gasteiger charge is -2.37. The molecule has 1 aliphatic rings. The van der Waals surface area contributed by atoms with Crippen LogP contribution in [0.2, 0.25) is 0 Å². The largest absolute Gasteiger partial charge is 0.336 e. The number of hydrogen-bond donors (Lipinski definition) is 0. The number of carbonyl (C=O) groups excluding carboxylic acids is 1. The lowest BCUT2D eigenvalue weighted by molar-refractivity contribution is 0.0748. The first kappa shape index (κ1) is 13.9. The molecule has 98 valence electrons. The summed E-state index contributed by atoms with van der Waals surface area (Å²) >= 11 is 5.39. The molecule has 1 aromatic carbocycles. The van der Waals surface area contributed by atoms with Crippen LogP contribution >= 0.6 is 27.7 Å². The van der Waals surface area contributed by atoms with Crippen molar-refractivity contribution in [2.75, 3.05) is 18.8 Å². The molecule has 1 amide bonds. The molecule has 0 spiro atoms. The van der Waals surface area contributed by atoms with E-state index < -0.39 is 0 Å². The van der Waals surface area contributed by atoms with E-state index in [-0.39, 0.29) is 10.7 Å². The average molecular weight is 328 g/mol. The maximum Gasteiger partial charge on any atom is 0.253 e. The Morgan fingerprint density at radius 3 is 2.72 bits per heavy atom. The van der Waals surface area contributed by atoms with Crippen LogP contribution in [0.15, 0.2) is 22.7 Å². The van der Waals surface area contributed by atoms with Crippen LogP contribution in [-0.2, 0) is 0 Å². The number of benzene rings is 1. The molecule has 1 heterocycles. The van der Waals surface area contributed by atoms with Gasteiger partial charge in [0, 0.05) is 33.6 Å². The Balaban J connectivity index is 2.20. The SMILES string of the molecule is Cc1cc(Br)cc(C(=O)N2CCSC(C)(C)C2)c1. The quantitative estimate of drug-likeness (QED) is 0.783. The van der Waals surface area contributed by atoms with Crippen molar-refractivity contribution in [1.82, 2.24) is 4.90 Å². The number of aryl methyl sites for hydroxylation is 1. The third-order valence-corrected chi connectivity index (χ3v) is 4.76. The molecule has 1 aromatic rings. The standard InChI is InChI=1S/C14H18BrNOS/c1-10-6-11(8-12(15)7-10)13(17)16-4-5-18-14(2,3)9-16/h6-8H,4-5,9H2,1-3H3. The first-order valence-corrected chi connectivity index (χ1v) is 7.86. The van der Waals surface area contributed by atoms with Gasteiger partial charge in [0.25, 0.3) is 5.91 Å². The Kier molecular flexibility index (Phi) is 4.07. The normalized spacial score (nSPS) is 18.8. The lowest BCUT2D eigenvalue weighted by Crippen LogP contribution is -2.46. The second kappa shape index (κ2) is 5.25. The molecule has 0 unspecified atom stereocenters. The molecular weight excluding hydrogens is 310 g/mol. The summed E-state index contributed by atoms with van der Waals surface area (Å²) in [5.41, 5.74) is 1.89. The zero-order chi connectivity index (χ0) is 13.3.